The van der Waals surface area contributed by atoms with Crippen molar-refractivity contribution < 1.29 is 19.4 Å². The predicted octanol–water partition coefficient (Wildman–Crippen LogP) is 2.47. The lowest BCUT2D eigenvalue weighted by molar-refractivity contribution is -0.150. The summed E-state index contributed by atoms with van der Waals surface area (Å²) < 4.78 is 5.39. The Morgan fingerprint density at radius 3 is 2.78 bits per heavy atom. The molecule has 0 saturated heterocycles. The normalized spacial score (nSPS) is 26.4. The molecule has 0 saturated carbocycles. The topological polar surface area (TPSA) is 63.6 Å². The second-order valence-corrected chi connectivity index (χ2v) is 4.47. The van der Waals surface area contributed by atoms with E-state index < -0.39 is 17.5 Å². The molecule has 0 fully saturated rings. The molecule has 2 unspecified atom stereocenters. The first kappa shape index (κ1) is 14.2. The summed E-state index contributed by atoms with van der Waals surface area (Å²) in [6.07, 6.45) is 10.7. The van der Waals surface area contributed by atoms with Crippen LogP contribution in [0.3, 0.4) is 0 Å². The number of rotatable bonds is 5. The summed E-state index contributed by atoms with van der Waals surface area (Å²) in [5.74, 6) is -1.22. The maximum atomic E-state index is 11.6. The third-order valence-corrected chi connectivity index (χ3v) is 2.94. The zero-order valence-electron chi connectivity index (χ0n) is 10.6. The minimum Gasteiger partial charge on any atom is -0.481 e. The number of hydrogen-bond acceptors (Lipinski definition) is 3. The molecular weight excluding hydrogens is 232 g/mol. The van der Waals surface area contributed by atoms with Crippen molar-refractivity contribution in [1.82, 2.24) is 0 Å². The average Bonchev–Trinajstić information content (AvgIpc) is 2.28. The maximum absolute atomic E-state index is 11.6. The molecule has 0 aliphatic heterocycles. The molecular formula is C14H18O4. The maximum Gasteiger partial charge on any atom is 0.331 e. The lowest BCUT2D eigenvalue weighted by Gasteiger charge is -2.32. The SMILES string of the molecule is CC1C=CC=CC1(C)OC(=O)C=CCCC(=O)O. The highest BCUT2D eigenvalue weighted by Gasteiger charge is 2.31. The quantitative estimate of drug-likeness (QED) is 0.601. The van der Waals surface area contributed by atoms with Gasteiger partial charge in [0.1, 0.15) is 5.60 Å². The number of carbonyl (C=O) groups excluding carboxylic acids is 1. The standard InChI is InChI=1S/C14H18O4/c1-11-7-5-6-10-14(11,2)18-13(17)9-4-3-8-12(15)16/h4-7,9-11H,3,8H2,1-2H3,(H,15,16). The van der Waals surface area contributed by atoms with Crippen molar-refractivity contribution in [2.45, 2.75) is 32.3 Å². The van der Waals surface area contributed by atoms with Gasteiger partial charge < -0.3 is 9.84 Å². The van der Waals surface area contributed by atoms with Gasteiger partial charge in [-0.25, -0.2) is 4.79 Å². The molecule has 4 nitrogen and oxygen atoms in total. The highest BCUT2D eigenvalue weighted by atomic mass is 16.6. The van der Waals surface area contributed by atoms with Gasteiger partial charge >= 0.3 is 11.9 Å². The van der Waals surface area contributed by atoms with E-state index in [1.54, 1.807) is 0 Å². The van der Waals surface area contributed by atoms with Crippen LogP contribution in [0.5, 0.6) is 0 Å². The van der Waals surface area contributed by atoms with E-state index in [1.165, 1.54) is 12.2 Å². The first-order valence-corrected chi connectivity index (χ1v) is 5.91. The Morgan fingerprint density at radius 2 is 2.17 bits per heavy atom. The van der Waals surface area contributed by atoms with Gasteiger partial charge in [0, 0.05) is 18.4 Å². The Labute approximate surface area is 107 Å². The van der Waals surface area contributed by atoms with Gasteiger partial charge in [-0.05, 0) is 19.4 Å². The van der Waals surface area contributed by atoms with Crippen molar-refractivity contribution >= 4 is 11.9 Å². The van der Waals surface area contributed by atoms with E-state index in [4.69, 9.17) is 9.84 Å². The third-order valence-electron chi connectivity index (χ3n) is 2.94. The van der Waals surface area contributed by atoms with Crippen LogP contribution in [0.25, 0.3) is 0 Å². The summed E-state index contributed by atoms with van der Waals surface area (Å²) in [7, 11) is 0. The fraction of sp³-hybridized carbons (Fsp3) is 0.429. The fourth-order valence-corrected chi connectivity index (χ4v) is 1.58. The number of ether oxygens (including phenoxy) is 1. The number of carboxylic acids is 1. The lowest BCUT2D eigenvalue weighted by atomic mass is 9.87. The zero-order valence-corrected chi connectivity index (χ0v) is 10.6. The molecule has 18 heavy (non-hydrogen) atoms. The van der Waals surface area contributed by atoms with Gasteiger partial charge in [-0.15, -0.1) is 0 Å². The Bertz CT molecular complexity index is 406. The van der Waals surface area contributed by atoms with Gasteiger partial charge in [0.05, 0.1) is 0 Å². The van der Waals surface area contributed by atoms with E-state index in [0.29, 0.717) is 6.42 Å². The number of carbonyl (C=O) groups is 2. The molecule has 0 radical (unpaired) electrons. The van der Waals surface area contributed by atoms with Gasteiger partial charge in [-0.2, -0.15) is 0 Å². The monoisotopic (exact) mass is 250 g/mol. The summed E-state index contributed by atoms with van der Waals surface area (Å²) >= 11 is 0. The minimum absolute atomic E-state index is 0.0140. The van der Waals surface area contributed by atoms with Crippen LogP contribution in [-0.2, 0) is 14.3 Å². The molecule has 1 rings (SSSR count). The van der Waals surface area contributed by atoms with Gasteiger partial charge in [-0.3, -0.25) is 4.79 Å². The molecule has 1 N–H and O–H groups in total. The third kappa shape index (κ3) is 4.20. The van der Waals surface area contributed by atoms with Crippen molar-refractivity contribution in [3.8, 4) is 0 Å². The van der Waals surface area contributed by atoms with Crippen molar-refractivity contribution in [2.75, 3.05) is 0 Å². The van der Waals surface area contributed by atoms with E-state index in [-0.39, 0.29) is 12.3 Å². The largest absolute Gasteiger partial charge is 0.481 e. The first-order valence-electron chi connectivity index (χ1n) is 5.91. The molecule has 4 heteroatoms. The number of allylic oxidation sites excluding steroid dienone is 3. The molecule has 0 spiro atoms. The van der Waals surface area contributed by atoms with Crippen molar-refractivity contribution in [3.63, 3.8) is 0 Å². The number of carboxylic acid groups (broad SMARTS) is 1. The Kier molecular flexibility index (Phi) is 4.89. The minimum atomic E-state index is -0.881. The second-order valence-electron chi connectivity index (χ2n) is 4.47. The van der Waals surface area contributed by atoms with Crippen LogP contribution >= 0.6 is 0 Å². The molecule has 1 aliphatic rings. The van der Waals surface area contributed by atoms with Crippen LogP contribution in [0.4, 0.5) is 0 Å². The number of hydrogen-bond donors (Lipinski definition) is 1. The van der Waals surface area contributed by atoms with Crippen molar-refractivity contribution in [3.05, 3.63) is 36.5 Å². The Morgan fingerprint density at radius 1 is 1.44 bits per heavy atom. The highest BCUT2D eigenvalue weighted by Crippen LogP contribution is 2.27. The van der Waals surface area contributed by atoms with E-state index in [2.05, 4.69) is 0 Å². The van der Waals surface area contributed by atoms with Gasteiger partial charge in [0.2, 0.25) is 0 Å². The first-order chi connectivity index (χ1) is 8.44. The highest BCUT2D eigenvalue weighted by molar-refractivity contribution is 5.82. The average molecular weight is 250 g/mol. The smallest absolute Gasteiger partial charge is 0.331 e. The van der Waals surface area contributed by atoms with Crippen LogP contribution in [-0.4, -0.2) is 22.6 Å². The molecule has 0 amide bonds. The molecule has 0 aromatic heterocycles. The van der Waals surface area contributed by atoms with Crippen LogP contribution in [0.15, 0.2) is 36.5 Å². The lowest BCUT2D eigenvalue weighted by Crippen LogP contribution is -2.36. The molecule has 0 aromatic rings. The van der Waals surface area contributed by atoms with E-state index >= 15 is 0 Å². The second kappa shape index (κ2) is 6.19. The van der Waals surface area contributed by atoms with Crippen LogP contribution in [0, 0.1) is 5.92 Å². The van der Waals surface area contributed by atoms with Crippen LogP contribution < -0.4 is 0 Å². The predicted molar refractivity (Wildman–Crippen MR) is 68.0 cm³/mol. The molecule has 0 heterocycles. The van der Waals surface area contributed by atoms with Crippen molar-refractivity contribution in [2.24, 2.45) is 5.92 Å². The van der Waals surface area contributed by atoms with E-state index in [1.807, 2.05) is 38.2 Å². The van der Waals surface area contributed by atoms with Crippen LogP contribution in [0.1, 0.15) is 26.7 Å². The fourth-order valence-electron chi connectivity index (χ4n) is 1.58. The zero-order chi connectivity index (χ0) is 13.6. The molecule has 2 atom stereocenters. The number of aliphatic carboxylic acids is 1. The van der Waals surface area contributed by atoms with Gasteiger partial charge in [0.25, 0.3) is 0 Å². The van der Waals surface area contributed by atoms with E-state index in [9.17, 15) is 9.59 Å². The van der Waals surface area contributed by atoms with Crippen molar-refractivity contribution in [1.29, 1.82) is 0 Å². The number of esters is 1. The summed E-state index contributed by atoms with van der Waals surface area (Å²) in [6, 6.07) is 0. The van der Waals surface area contributed by atoms with Gasteiger partial charge in [-0.1, -0.05) is 31.2 Å². The summed E-state index contributed by atoms with van der Waals surface area (Å²) in [6.45, 7) is 3.82. The van der Waals surface area contributed by atoms with Gasteiger partial charge in [0.15, 0.2) is 0 Å². The van der Waals surface area contributed by atoms with E-state index in [0.717, 1.165) is 0 Å². The summed E-state index contributed by atoms with van der Waals surface area (Å²) in [4.78, 5) is 21.9. The molecule has 98 valence electrons. The molecule has 1 aliphatic carbocycles. The summed E-state index contributed by atoms with van der Waals surface area (Å²) in [5.41, 5.74) is -0.636. The molecule has 0 aromatic carbocycles. The Balaban J connectivity index is 2.47. The summed E-state index contributed by atoms with van der Waals surface area (Å²) in [5, 5.41) is 8.45. The van der Waals surface area contributed by atoms with Crippen LogP contribution in [0.2, 0.25) is 0 Å². The molecule has 0 bridgehead atoms. The Hall–Kier alpha value is -1.84.